The van der Waals surface area contributed by atoms with Gasteiger partial charge in [-0.15, -0.1) is 0 Å². The van der Waals surface area contributed by atoms with Crippen LogP contribution in [0.25, 0.3) is 0 Å². The summed E-state index contributed by atoms with van der Waals surface area (Å²) in [6.45, 7) is 6.91. The molecule has 27 heavy (non-hydrogen) atoms. The Bertz CT molecular complexity index is 779. The first-order valence-electron chi connectivity index (χ1n) is 8.98. The lowest BCUT2D eigenvalue weighted by molar-refractivity contribution is 0.0378. The number of guanidine groups is 1. The minimum absolute atomic E-state index is 0.115. The Morgan fingerprint density at radius 2 is 1.89 bits per heavy atom. The summed E-state index contributed by atoms with van der Waals surface area (Å²) in [5.41, 5.74) is 0.438. The highest BCUT2D eigenvalue weighted by atomic mass is 16.4. The van der Waals surface area contributed by atoms with Crippen molar-refractivity contribution >= 4 is 11.9 Å². The molecule has 0 fully saturated rings. The number of aliphatic imine (C=N–C) groups is 1. The zero-order valence-electron chi connectivity index (χ0n) is 16.3. The lowest BCUT2D eigenvalue weighted by atomic mass is 10.0. The summed E-state index contributed by atoms with van der Waals surface area (Å²) in [5, 5.41) is 19.5. The Hall–Kier alpha value is -2.80. The van der Waals surface area contributed by atoms with E-state index in [9.17, 15) is 9.90 Å². The standard InChI is InChI=1S/C20H28N4O3/c1-5-22-19(24-13-20(3,26)17-11-6-14(2)27-17)23-12-15-7-9-16(10-8-15)18(25)21-4/h6-11,26H,5,12-13H2,1-4H3,(H,21,25)(H2,22,23,24). The quantitative estimate of drug-likeness (QED) is 0.440. The lowest BCUT2D eigenvalue weighted by Gasteiger charge is -2.22. The van der Waals surface area contributed by atoms with Crippen LogP contribution in [0.5, 0.6) is 0 Å². The van der Waals surface area contributed by atoms with Crippen LogP contribution in [0, 0.1) is 6.92 Å². The van der Waals surface area contributed by atoms with Gasteiger partial charge in [0.05, 0.1) is 13.1 Å². The van der Waals surface area contributed by atoms with Gasteiger partial charge in [-0.1, -0.05) is 12.1 Å². The van der Waals surface area contributed by atoms with E-state index in [1.54, 1.807) is 32.2 Å². The lowest BCUT2D eigenvalue weighted by Crippen LogP contribution is -2.44. The van der Waals surface area contributed by atoms with Crippen molar-refractivity contribution in [3.63, 3.8) is 0 Å². The molecule has 1 aromatic carbocycles. The average molecular weight is 372 g/mol. The number of benzene rings is 1. The number of hydrogen-bond donors (Lipinski definition) is 4. The number of hydrogen-bond acceptors (Lipinski definition) is 4. The van der Waals surface area contributed by atoms with Gasteiger partial charge in [-0.2, -0.15) is 0 Å². The maximum absolute atomic E-state index is 11.6. The minimum Gasteiger partial charge on any atom is -0.463 e. The van der Waals surface area contributed by atoms with Crippen LogP contribution < -0.4 is 16.0 Å². The van der Waals surface area contributed by atoms with Crippen molar-refractivity contribution in [1.29, 1.82) is 0 Å². The fraction of sp³-hybridized carbons (Fsp3) is 0.400. The molecule has 1 unspecified atom stereocenters. The summed E-state index contributed by atoms with van der Waals surface area (Å²) < 4.78 is 5.53. The molecule has 4 N–H and O–H groups in total. The van der Waals surface area contributed by atoms with Gasteiger partial charge in [0.1, 0.15) is 17.1 Å². The van der Waals surface area contributed by atoms with Crippen molar-refractivity contribution in [2.24, 2.45) is 4.99 Å². The zero-order valence-corrected chi connectivity index (χ0v) is 16.3. The molecular formula is C20H28N4O3. The second kappa shape index (κ2) is 9.23. The van der Waals surface area contributed by atoms with Gasteiger partial charge in [0, 0.05) is 19.2 Å². The first kappa shape index (κ1) is 20.5. The van der Waals surface area contributed by atoms with Crippen molar-refractivity contribution in [2.45, 2.75) is 32.9 Å². The van der Waals surface area contributed by atoms with Gasteiger partial charge in [0.15, 0.2) is 5.96 Å². The van der Waals surface area contributed by atoms with E-state index in [0.717, 1.165) is 11.3 Å². The largest absolute Gasteiger partial charge is 0.463 e. The molecule has 0 bridgehead atoms. The second-order valence-corrected chi connectivity index (χ2v) is 6.51. The predicted molar refractivity (Wildman–Crippen MR) is 106 cm³/mol. The summed E-state index contributed by atoms with van der Waals surface area (Å²) in [5.74, 6) is 1.74. The van der Waals surface area contributed by atoms with Crippen LogP contribution in [0.2, 0.25) is 0 Å². The monoisotopic (exact) mass is 372 g/mol. The molecule has 1 heterocycles. The highest BCUT2D eigenvalue weighted by Crippen LogP contribution is 2.21. The molecule has 0 radical (unpaired) electrons. The molecule has 0 saturated carbocycles. The third-order valence-corrected chi connectivity index (χ3v) is 4.08. The number of amides is 1. The van der Waals surface area contributed by atoms with Crippen LogP contribution >= 0.6 is 0 Å². The number of aryl methyl sites for hydroxylation is 1. The van der Waals surface area contributed by atoms with Gasteiger partial charge in [0.25, 0.3) is 5.91 Å². The van der Waals surface area contributed by atoms with Gasteiger partial charge in [-0.25, -0.2) is 4.99 Å². The van der Waals surface area contributed by atoms with E-state index in [0.29, 0.717) is 30.4 Å². The zero-order chi connectivity index (χ0) is 19.9. The molecule has 1 aromatic heterocycles. The third-order valence-electron chi connectivity index (χ3n) is 4.08. The summed E-state index contributed by atoms with van der Waals surface area (Å²) in [4.78, 5) is 16.1. The number of rotatable bonds is 7. The molecule has 0 saturated heterocycles. The molecule has 2 rings (SSSR count). The fourth-order valence-corrected chi connectivity index (χ4v) is 2.48. The number of carbonyl (C=O) groups is 1. The van der Waals surface area contributed by atoms with Gasteiger partial charge in [0.2, 0.25) is 0 Å². The van der Waals surface area contributed by atoms with E-state index in [4.69, 9.17) is 4.42 Å². The first-order valence-corrected chi connectivity index (χ1v) is 8.98. The maximum Gasteiger partial charge on any atom is 0.251 e. The average Bonchev–Trinajstić information content (AvgIpc) is 3.11. The topological polar surface area (TPSA) is 98.9 Å². The number of nitrogens with zero attached hydrogens (tertiary/aromatic N) is 1. The molecule has 0 aliphatic rings. The van der Waals surface area contributed by atoms with Crippen LogP contribution in [-0.2, 0) is 12.1 Å². The van der Waals surface area contributed by atoms with Crippen molar-refractivity contribution in [1.82, 2.24) is 16.0 Å². The highest BCUT2D eigenvalue weighted by Gasteiger charge is 2.27. The number of carbonyl (C=O) groups excluding carboxylic acids is 1. The van der Waals surface area contributed by atoms with Gasteiger partial charge < -0.3 is 25.5 Å². The van der Waals surface area contributed by atoms with E-state index in [1.807, 2.05) is 32.0 Å². The molecular weight excluding hydrogens is 344 g/mol. The molecule has 2 aromatic rings. The van der Waals surface area contributed by atoms with Crippen molar-refractivity contribution in [3.8, 4) is 0 Å². The molecule has 7 nitrogen and oxygen atoms in total. The van der Waals surface area contributed by atoms with Crippen LogP contribution in [0.4, 0.5) is 0 Å². The summed E-state index contributed by atoms with van der Waals surface area (Å²) in [7, 11) is 1.61. The van der Waals surface area contributed by atoms with E-state index in [2.05, 4.69) is 20.9 Å². The molecule has 1 atom stereocenters. The third kappa shape index (κ3) is 5.86. The Kier molecular flexibility index (Phi) is 7.01. The number of aliphatic hydroxyl groups is 1. The van der Waals surface area contributed by atoms with Gasteiger partial charge in [-0.3, -0.25) is 4.79 Å². The van der Waals surface area contributed by atoms with Crippen molar-refractivity contribution in [3.05, 3.63) is 59.0 Å². The minimum atomic E-state index is -1.15. The Morgan fingerprint density at radius 3 is 2.44 bits per heavy atom. The van der Waals surface area contributed by atoms with E-state index < -0.39 is 5.60 Å². The van der Waals surface area contributed by atoms with E-state index in [1.165, 1.54) is 0 Å². The maximum atomic E-state index is 11.6. The van der Waals surface area contributed by atoms with Crippen LogP contribution in [0.1, 0.15) is 41.3 Å². The Balaban J connectivity index is 2.00. The van der Waals surface area contributed by atoms with E-state index in [-0.39, 0.29) is 12.5 Å². The second-order valence-electron chi connectivity index (χ2n) is 6.51. The predicted octanol–water partition coefficient (Wildman–Crippen LogP) is 1.91. The molecule has 146 valence electrons. The van der Waals surface area contributed by atoms with Crippen LogP contribution in [-0.4, -0.2) is 37.1 Å². The molecule has 0 aliphatic heterocycles. The number of furan rings is 1. The molecule has 0 aliphatic carbocycles. The SMILES string of the molecule is CCNC(=NCc1ccc(C(=O)NC)cc1)NCC(C)(O)c1ccc(C)o1. The normalized spacial score (nSPS) is 13.7. The van der Waals surface area contributed by atoms with Gasteiger partial charge in [-0.05, 0) is 50.6 Å². The fourth-order valence-electron chi connectivity index (χ4n) is 2.48. The van der Waals surface area contributed by atoms with E-state index >= 15 is 0 Å². The summed E-state index contributed by atoms with van der Waals surface area (Å²) in [6, 6.07) is 10.9. The smallest absolute Gasteiger partial charge is 0.251 e. The van der Waals surface area contributed by atoms with Crippen molar-refractivity contribution in [2.75, 3.05) is 20.1 Å². The highest BCUT2D eigenvalue weighted by molar-refractivity contribution is 5.93. The molecule has 7 heteroatoms. The Morgan fingerprint density at radius 1 is 1.19 bits per heavy atom. The molecule has 0 spiro atoms. The Labute approximate surface area is 159 Å². The van der Waals surface area contributed by atoms with Crippen molar-refractivity contribution < 1.29 is 14.3 Å². The van der Waals surface area contributed by atoms with Crippen LogP contribution in [0.15, 0.2) is 45.8 Å². The number of nitrogens with one attached hydrogen (secondary N) is 3. The van der Waals surface area contributed by atoms with Crippen LogP contribution in [0.3, 0.4) is 0 Å². The first-order chi connectivity index (χ1) is 12.9. The van der Waals surface area contributed by atoms with Gasteiger partial charge >= 0.3 is 0 Å². The summed E-state index contributed by atoms with van der Waals surface area (Å²) >= 11 is 0. The summed E-state index contributed by atoms with van der Waals surface area (Å²) in [6.07, 6.45) is 0. The molecule has 1 amide bonds.